The highest BCUT2D eigenvalue weighted by Crippen LogP contribution is 2.31. The number of hydrogen-bond donors (Lipinski definition) is 0. The topological polar surface area (TPSA) is 62.5 Å². The Morgan fingerprint density at radius 3 is 2.93 bits per heavy atom. The molecule has 0 bridgehead atoms. The van der Waals surface area contributed by atoms with E-state index in [2.05, 4.69) is 34.1 Å². The molecule has 4 rings (SSSR count). The van der Waals surface area contributed by atoms with E-state index in [1.807, 2.05) is 25.5 Å². The van der Waals surface area contributed by atoms with Gasteiger partial charge in [0.1, 0.15) is 12.0 Å². The molecule has 0 unspecified atom stereocenters. The molecule has 1 amide bonds. The van der Waals surface area contributed by atoms with Crippen molar-refractivity contribution in [2.24, 2.45) is 0 Å². The van der Waals surface area contributed by atoms with Crippen molar-refractivity contribution in [2.75, 3.05) is 13.6 Å². The van der Waals surface area contributed by atoms with Crippen LogP contribution in [0, 0.1) is 0 Å². The Hall–Kier alpha value is -2.51. The second-order valence-corrected chi connectivity index (χ2v) is 8.50. The molecule has 0 saturated heterocycles. The standard InChI is InChI=1S/C22H26N4O2S/c1-4-16-5-6-17(23-11-16)12-26-9-7-18-19(14-29-21(18)13-26)22(27)25(3)15(2)20-8-10-28-24-20/h5-6,8,10-11,14-15H,4,7,9,12-13H2,1-3H3/t15-/m1/s1. The van der Waals surface area contributed by atoms with Crippen molar-refractivity contribution in [1.82, 2.24) is 19.9 Å². The minimum Gasteiger partial charge on any atom is -0.364 e. The van der Waals surface area contributed by atoms with Crippen molar-refractivity contribution in [3.8, 4) is 0 Å². The number of pyridine rings is 1. The molecule has 0 fully saturated rings. The van der Waals surface area contributed by atoms with E-state index >= 15 is 0 Å². The fourth-order valence-corrected chi connectivity index (χ4v) is 4.80. The largest absolute Gasteiger partial charge is 0.364 e. The van der Waals surface area contributed by atoms with Gasteiger partial charge in [0.15, 0.2) is 0 Å². The first-order valence-corrected chi connectivity index (χ1v) is 10.9. The molecule has 4 heterocycles. The molecular weight excluding hydrogens is 384 g/mol. The van der Waals surface area contributed by atoms with E-state index in [1.165, 1.54) is 22.3 Å². The summed E-state index contributed by atoms with van der Waals surface area (Å²) in [5.41, 5.74) is 5.15. The summed E-state index contributed by atoms with van der Waals surface area (Å²) >= 11 is 1.68. The number of carbonyl (C=O) groups excluding carboxylic acids is 1. The Morgan fingerprint density at radius 1 is 1.38 bits per heavy atom. The van der Waals surface area contributed by atoms with Gasteiger partial charge in [-0.1, -0.05) is 18.1 Å². The van der Waals surface area contributed by atoms with E-state index < -0.39 is 0 Å². The van der Waals surface area contributed by atoms with Crippen LogP contribution < -0.4 is 0 Å². The molecule has 0 aliphatic carbocycles. The lowest BCUT2D eigenvalue weighted by atomic mass is 10.0. The fraction of sp³-hybridized carbons (Fsp3) is 0.409. The van der Waals surface area contributed by atoms with Crippen LogP contribution in [0.1, 0.15) is 57.6 Å². The first-order valence-electron chi connectivity index (χ1n) is 9.99. The van der Waals surface area contributed by atoms with Crippen LogP contribution in [0.3, 0.4) is 0 Å². The van der Waals surface area contributed by atoms with E-state index in [0.717, 1.165) is 49.4 Å². The van der Waals surface area contributed by atoms with Gasteiger partial charge < -0.3 is 9.42 Å². The summed E-state index contributed by atoms with van der Waals surface area (Å²) in [6.07, 6.45) is 5.41. The number of nitrogens with zero attached hydrogens (tertiary/aromatic N) is 4. The zero-order chi connectivity index (χ0) is 20.4. The summed E-state index contributed by atoms with van der Waals surface area (Å²) in [7, 11) is 1.83. The van der Waals surface area contributed by atoms with E-state index in [9.17, 15) is 4.79 Å². The predicted molar refractivity (Wildman–Crippen MR) is 113 cm³/mol. The van der Waals surface area contributed by atoms with Gasteiger partial charge in [-0.25, -0.2) is 0 Å². The number of rotatable bonds is 6. The van der Waals surface area contributed by atoms with Crippen LogP contribution in [0.25, 0.3) is 0 Å². The zero-order valence-corrected chi connectivity index (χ0v) is 17.9. The fourth-order valence-electron chi connectivity index (χ4n) is 3.68. The number of amides is 1. The number of aromatic nitrogens is 2. The van der Waals surface area contributed by atoms with Crippen LogP contribution in [0.5, 0.6) is 0 Å². The van der Waals surface area contributed by atoms with E-state index in [4.69, 9.17) is 4.52 Å². The molecule has 1 aliphatic heterocycles. The Bertz CT molecular complexity index is 965. The van der Waals surface area contributed by atoms with Gasteiger partial charge >= 0.3 is 0 Å². The number of carbonyl (C=O) groups is 1. The predicted octanol–water partition coefficient (Wildman–Crippen LogP) is 4.09. The zero-order valence-electron chi connectivity index (χ0n) is 17.1. The molecule has 6 nitrogen and oxygen atoms in total. The second-order valence-electron chi connectivity index (χ2n) is 7.54. The van der Waals surface area contributed by atoms with Gasteiger partial charge in [-0.2, -0.15) is 0 Å². The summed E-state index contributed by atoms with van der Waals surface area (Å²) in [6, 6.07) is 5.95. The van der Waals surface area contributed by atoms with E-state index in [0.29, 0.717) is 0 Å². The van der Waals surface area contributed by atoms with Crippen molar-refractivity contribution in [3.63, 3.8) is 0 Å². The van der Waals surface area contributed by atoms with Gasteiger partial charge in [0.25, 0.3) is 5.91 Å². The maximum atomic E-state index is 13.1. The molecule has 0 radical (unpaired) electrons. The molecule has 0 N–H and O–H groups in total. The molecule has 0 aromatic carbocycles. The molecule has 152 valence electrons. The Labute approximate surface area is 175 Å². The molecule has 7 heteroatoms. The van der Waals surface area contributed by atoms with Crippen LogP contribution in [0.2, 0.25) is 0 Å². The van der Waals surface area contributed by atoms with Crippen molar-refractivity contribution in [2.45, 2.75) is 45.8 Å². The summed E-state index contributed by atoms with van der Waals surface area (Å²) in [5, 5.41) is 5.98. The minimum atomic E-state index is -0.131. The first-order chi connectivity index (χ1) is 14.1. The molecule has 1 aliphatic rings. The van der Waals surface area contributed by atoms with Gasteiger partial charge in [-0.05, 0) is 37.0 Å². The van der Waals surface area contributed by atoms with Crippen molar-refractivity contribution in [3.05, 3.63) is 69.0 Å². The Kier molecular flexibility index (Phi) is 5.78. The van der Waals surface area contributed by atoms with Crippen LogP contribution in [-0.2, 0) is 25.9 Å². The molecule has 3 aromatic heterocycles. The van der Waals surface area contributed by atoms with Crippen molar-refractivity contribution in [1.29, 1.82) is 0 Å². The normalized spacial score (nSPS) is 15.1. The second kappa shape index (κ2) is 8.47. The molecule has 0 saturated carbocycles. The molecule has 29 heavy (non-hydrogen) atoms. The highest BCUT2D eigenvalue weighted by atomic mass is 32.1. The minimum absolute atomic E-state index is 0.0447. The maximum Gasteiger partial charge on any atom is 0.255 e. The van der Waals surface area contributed by atoms with Crippen LogP contribution in [-0.4, -0.2) is 39.4 Å². The highest BCUT2D eigenvalue weighted by molar-refractivity contribution is 7.10. The lowest BCUT2D eigenvalue weighted by molar-refractivity contribution is 0.0736. The van der Waals surface area contributed by atoms with E-state index in [-0.39, 0.29) is 11.9 Å². The smallest absolute Gasteiger partial charge is 0.255 e. The molecular formula is C22H26N4O2S. The van der Waals surface area contributed by atoms with E-state index in [1.54, 1.807) is 22.3 Å². The Morgan fingerprint density at radius 2 is 2.24 bits per heavy atom. The third-order valence-electron chi connectivity index (χ3n) is 5.72. The number of hydrogen-bond acceptors (Lipinski definition) is 6. The molecule has 0 spiro atoms. The Balaban J connectivity index is 1.44. The van der Waals surface area contributed by atoms with Gasteiger partial charge in [0.05, 0.1) is 17.3 Å². The van der Waals surface area contributed by atoms with Crippen LogP contribution >= 0.6 is 11.3 Å². The summed E-state index contributed by atoms with van der Waals surface area (Å²) < 4.78 is 4.92. The van der Waals surface area contributed by atoms with Crippen molar-refractivity contribution >= 4 is 17.2 Å². The monoisotopic (exact) mass is 410 g/mol. The van der Waals surface area contributed by atoms with Crippen molar-refractivity contribution < 1.29 is 9.32 Å². The van der Waals surface area contributed by atoms with Crippen LogP contribution in [0.15, 0.2) is 40.6 Å². The SMILES string of the molecule is CCc1ccc(CN2CCc3c(C(=O)N(C)[C@H](C)c4ccon4)csc3C2)nc1. The summed E-state index contributed by atoms with van der Waals surface area (Å²) in [5.74, 6) is 0.0447. The third-order valence-corrected chi connectivity index (χ3v) is 6.74. The quantitative estimate of drug-likeness (QED) is 0.613. The highest BCUT2D eigenvalue weighted by Gasteiger charge is 2.28. The lowest BCUT2D eigenvalue weighted by Gasteiger charge is -2.28. The first kappa shape index (κ1) is 19.8. The lowest BCUT2D eigenvalue weighted by Crippen LogP contribution is -2.33. The number of fused-ring (bicyclic) bond motifs is 1. The van der Waals surface area contributed by atoms with Gasteiger partial charge in [0, 0.05) is 49.2 Å². The number of aryl methyl sites for hydroxylation is 1. The van der Waals surface area contributed by atoms with Gasteiger partial charge in [0.2, 0.25) is 0 Å². The number of thiophene rings is 1. The summed E-state index contributed by atoms with van der Waals surface area (Å²) in [6.45, 7) is 6.75. The average Bonchev–Trinajstić information content (AvgIpc) is 3.42. The molecule has 3 aromatic rings. The third kappa shape index (κ3) is 4.11. The van der Waals surface area contributed by atoms with Crippen LogP contribution in [0.4, 0.5) is 0 Å². The van der Waals surface area contributed by atoms with Gasteiger partial charge in [-0.15, -0.1) is 11.3 Å². The average molecular weight is 411 g/mol. The van der Waals surface area contributed by atoms with Gasteiger partial charge in [-0.3, -0.25) is 14.7 Å². The summed E-state index contributed by atoms with van der Waals surface area (Å²) in [4.78, 5) is 23.1. The maximum absolute atomic E-state index is 13.1. The molecule has 1 atom stereocenters.